The van der Waals surface area contributed by atoms with Crippen LogP contribution in [0, 0.1) is 0 Å². The predicted molar refractivity (Wildman–Crippen MR) is 159 cm³/mol. The van der Waals surface area contributed by atoms with Crippen molar-refractivity contribution in [1.82, 2.24) is 0 Å². The third kappa shape index (κ3) is 14.5. The van der Waals surface area contributed by atoms with Gasteiger partial charge in [0.25, 0.3) is 0 Å². The molecule has 2 rings (SSSR count). The fraction of sp³-hybridized carbons (Fsp3) is 0.455. The highest BCUT2D eigenvalue weighted by Crippen LogP contribution is 2.33. The van der Waals surface area contributed by atoms with Crippen molar-refractivity contribution >= 4 is 11.9 Å². The second kappa shape index (κ2) is 17.2. The van der Waals surface area contributed by atoms with Gasteiger partial charge in [0.2, 0.25) is 0 Å². The van der Waals surface area contributed by atoms with Crippen LogP contribution in [0.3, 0.4) is 0 Å². The molecule has 0 heterocycles. The lowest BCUT2D eigenvalue weighted by atomic mass is 9.78. The van der Waals surface area contributed by atoms with Gasteiger partial charge in [-0.25, -0.2) is 9.59 Å². The second-order valence-corrected chi connectivity index (χ2v) is 11.2. The molecule has 2 unspecified atom stereocenters. The Morgan fingerprint density at radius 3 is 1.21 bits per heavy atom. The highest BCUT2D eigenvalue weighted by molar-refractivity contribution is 5.87. The normalized spacial score (nSPS) is 13.3. The van der Waals surface area contributed by atoms with Crippen LogP contribution in [0.4, 0.5) is 26.3 Å². The molecule has 47 heavy (non-hydrogen) atoms. The molecule has 0 aliphatic rings. The summed E-state index contributed by atoms with van der Waals surface area (Å²) in [6.45, 7) is 9.06. The van der Waals surface area contributed by atoms with E-state index in [1.807, 2.05) is 13.8 Å². The molecular formula is C33H38F6O8. The van der Waals surface area contributed by atoms with Crippen LogP contribution in [0.2, 0.25) is 0 Å². The summed E-state index contributed by atoms with van der Waals surface area (Å²) in [5, 5.41) is 0. The molecule has 2 aromatic carbocycles. The lowest BCUT2D eigenvalue weighted by Crippen LogP contribution is -2.32. The Morgan fingerprint density at radius 1 is 0.617 bits per heavy atom. The van der Waals surface area contributed by atoms with Crippen LogP contribution in [0.15, 0.2) is 72.8 Å². The maximum absolute atomic E-state index is 12.5. The van der Waals surface area contributed by atoms with Crippen LogP contribution >= 0.6 is 0 Å². The van der Waals surface area contributed by atoms with Gasteiger partial charge in [-0.1, -0.05) is 51.3 Å². The molecule has 0 aliphatic heterocycles. The maximum Gasteiger partial charge on any atom is 0.411 e. The number of alkyl halides is 6. The highest BCUT2D eigenvalue weighted by Gasteiger charge is 2.30. The van der Waals surface area contributed by atoms with Crippen LogP contribution in [0.25, 0.3) is 0 Å². The van der Waals surface area contributed by atoms with Gasteiger partial charge in [0.1, 0.15) is 37.9 Å². The van der Waals surface area contributed by atoms with E-state index in [9.17, 15) is 35.9 Å². The minimum atomic E-state index is -4.54. The summed E-state index contributed by atoms with van der Waals surface area (Å²) < 4.78 is 106. The van der Waals surface area contributed by atoms with Gasteiger partial charge >= 0.3 is 24.3 Å². The predicted octanol–water partition coefficient (Wildman–Crippen LogP) is 6.90. The molecule has 0 saturated heterocycles. The molecule has 260 valence electrons. The second-order valence-electron chi connectivity index (χ2n) is 11.2. The third-order valence-corrected chi connectivity index (χ3v) is 6.41. The molecule has 0 N–H and O–H groups in total. The zero-order valence-electron chi connectivity index (χ0n) is 26.5. The van der Waals surface area contributed by atoms with Crippen molar-refractivity contribution in [2.45, 2.75) is 57.7 Å². The first-order chi connectivity index (χ1) is 21.8. The molecule has 0 amide bonds. The highest BCUT2D eigenvalue weighted by atomic mass is 19.4. The van der Waals surface area contributed by atoms with Gasteiger partial charge in [-0.15, -0.1) is 0 Å². The first-order valence-electron chi connectivity index (χ1n) is 14.3. The molecule has 0 radical (unpaired) electrons. The standard InChI is InChI=1S/C33H38F6O8/c1-21(2)29(40)46-27(15-42-19-32(34,35)36)17-44-25-11-7-23(8-12-25)31(5,6)24-9-13-26(14-10-24)45-18-28(47-30(41)22(3)4)16-43-20-33(37,38)39/h7-14,27-28H,1,3,15-20H2,2,4-6H3. The zero-order valence-corrected chi connectivity index (χ0v) is 26.5. The van der Waals surface area contributed by atoms with Gasteiger partial charge in [0.05, 0.1) is 13.2 Å². The Kier molecular flexibility index (Phi) is 14.3. The van der Waals surface area contributed by atoms with E-state index in [2.05, 4.69) is 22.6 Å². The monoisotopic (exact) mass is 676 g/mol. The van der Waals surface area contributed by atoms with E-state index in [0.29, 0.717) is 11.5 Å². The largest absolute Gasteiger partial charge is 0.490 e. The third-order valence-electron chi connectivity index (χ3n) is 6.41. The molecule has 2 aromatic rings. The topological polar surface area (TPSA) is 89.5 Å². The smallest absolute Gasteiger partial charge is 0.411 e. The molecule has 0 aliphatic carbocycles. The number of hydrogen-bond acceptors (Lipinski definition) is 8. The number of benzene rings is 2. The Labute approximate surface area is 269 Å². The van der Waals surface area contributed by atoms with Gasteiger partial charge < -0.3 is 28.4 Å². The summed E-state index contributed by atoms with van der Waals surface area (Å²) in [6, 6.07) is 13.9. The summed E-state index contributed by atoms with van der Waals surface area (Å²) in [7, 11) is 0. The summed E-state index contributed by atoms with van der Waals surface area (Å²) in [6.07, 6.45) is -11.3. The maximum atomic E-state index is 12.5. The summed E-state index contributed by atoms with van der Waals surface area (Å²) in [5.41, 5.74) is 1.38. The summed E-state index contributed by atoms with van der Waals surface area (Å²) >= 11 is 0. The molecule has 0 aromatic heterocycles. The van der Waals surface area contributed by atoms with Gasteiger partial charge in [-0.2, -0.15) is 26.3 Å². The van der Waals surface area contributed by atoms with Gasteiger partial charge in [-0.05, 0) is 49.2 Å². The van der Waals surface area contributed by atoms with Crippen LogP contribution in [-0.2, 0) is 34.0 Å². The Hall–Kier alpha value is -4.04. The van der Waals surface area contributed by atoms with E-state index < -0.39 is 68.3 Å². The minimum absolute atomic E-state index is 0.0692. The lowest BCUT2D eigenvalue weighted by molar-refractivity contribution is -0.184. The fourth-order valence-corrected chi connectivity index (χ4v) is 3.83. The Bertz CT molecular complexity index is 1230. The van der Waals surface area contributed by atoms with E-state index in [1.54, 1.807) is 48.5 Å². The van der Waals surface area contributed by atoms with Crippen molar-refractivity contribution in [3.63, 3.8) is 0 Å². The molecule has 0 bridgehead atoms. The van der Waals surface area contributed by atoms with Crippen molar-refractivity contribution in [2.24, 2.45) is 0 Å². The fourth-order valence-electron chi connectivity index (χ4n) is 3.83. The van der Waals surface area contributed by atoms with Gasteiger partial charge in [-0.3, -0.25) is 0 Å². The van der Waals surface area contributed by atoms with Gasteiger partial charge in [0.15, 0.2) is 12.2 Å². The summed E-state index contributed by atoms with van der Waals surface area (Å²) in [4.78, 5) is 23.8. The minimum Gasteiger partial charge on any atom is -0.490 e. The van der Waals surface area contributed by atoms with Crippen LogP contribution in [-0.4, -0.2) is 76.1 Å². The molecule has 14 heteroatoms. The summed E-state index contributed by atoms with van der Waals surface area (Å²) in [5.74, 6) is -0.823. The average molecular weight is 677 g/mol. The van der Waals surface area contributed by atoms with Gasteiger partial charge in [0, 0.05) is 16.6 Å². The molecule has 8 nitrogen and oxygen atoms in total. The van der Waals surface area contributed by atoms with Crippen LogP contribution in [0.1, 0.15) is 38.8 Å². The molecule has 0 fully saturated rings. The number of halogens is 6. The molecule has 0 saturated carbocycles. The number of esters is 2. The van der Waals surface area contributed by atoms with E-state index in [0.717, 1.165) is 11.1 Å². The quantitative estimate of drug-likeness (QED) is 0.0958. The van der Waals surface area contributed by atoms with Crippen LogP contribution in [0.5, 0.6) is 11.5 Å². The molecule has 2 atom stereocenters. The lowest BCUT2D eigenvalue weighted by Gasteiger charge is -2.27. The van der Waals surface area contributed by atoms with Crippen molar-refractivity contribution in [3.8, 4) is 11.5 Å². The van der Waals surface area contributed by atoms with E-state index in [-0.39, 0.29) is 24.4 Å². The number of hydrogen-bond donors (Lipinski definition) is 0. The van der Waals surface area contributed by atoms with Crippen molar-refractivity contribution < 1.29 is 64.4 Å². The molecule has 0 spiro atoms. The first kappa shape index (κ1) is 39.1. The number of rotatable bonds is 18. The Balaban J connectivity index is 2.03. The van der Waals surface area contributed by atoms with Crippen molar-refractivity contribution in [2.75, 3.05) is 39.6 Å². The van der Waals surface area contributed by atoms with E-state index >= 15 is 0 Å². The SMILES string of the molecule is C=C(C)C(=O)OC(COCC(F)(F)F)COc1ccc(C(C)(C)c2ccc(OCC(COCC(F)(F)F)OC(=O)C(=C)C)cc2)cc1. The van der Waals surface area contributed by atoms with Crippen LogP contribution < -0.4 is 9.47 Å². The first-order valence-corrected chi connectivity index (χ1v) is 14.3. The molecular weight excluding hydrogens is 638 g/mol. The number of carbonyl (C=O) groups is 2. The van der Waals surface area contributed by atoms with E-state index in [1.165, 1.54) is 13.8 Å². The zero-order chi connectivity index (χ0) is 35.4. The Morgan fingerprint density at radius 2 is 0.936 bits per heavy atom. The average Bonchev–Trinajstić information content (AvgIpc) is 2.97. The van der Waals surface area contributed by atoms with Crippen molar-refractivity contribution in [1.29, 1.82) is 0 Å². The number of ether oxygens (including phenoxy) is 6. The van der Waals surface area contributed by atoms with Crippen molar-refractivity contribution in [3.05, 3.63) is 84.0 Å². The number of carbonyl (C=O) groups excluding carboxylic acids is 2. The van der Waals surface area contributed by atoms with E-state index in [4.69, 9.17) is 18.9 Å².